The number of rotatable bonds is 5. The fraction of sp³-hybridized carbons (Fsp3) is 0.316. The summed E-state index contributed by atoms with van der Waals surface area (Å²) in [5.74, 6) is 1.34. The molecule has 1 unspecified atom stereocenters. The number of carbonyl (C=O) groups is 1. The quantitative estimate of drug-likeness (QED) is 0.824. The molecule has 2 aromatic rings. The van der Waals surface area contributed by atoms with Crippen LogP contribution in [-0.2, 0) is 20.3 Å². The molecular formula is C19H21NO4S. The lowest BCUT2D eigenvalue weighted by atomic mass is 10.2. The van der Waals surface area contributed by atoms with Gasteiger partial charge < -0.3 is 14.4 Å². The Hall–Kier alpha value is -2.18. The van der Waals surface area contributed by atoms with Crippen LogP contribution >= 0.6 is 0 Å². The number of para-hydroxylation sites is 1. The molecule has 0 bridgehead atoms. The standard InChI is InChI=1S/C19H21NO4S/c1-15-13-17(24-16-5-3-2-4-6-16)7-8-18(15)25(22)14-19(21)20-9-11-23-12-10-20/h2-8,13H,9-12,14H2,1H3. The van der Waals surface area contributed by atoms with Crippen LogP contribution < -0.4 is 4.74 Å². The van der Waals surface area contributed by atoms with Crippen molar-refractivity contribution >= 4 is 16.7 Å². The van der Waals surface area contributed by atoms with Gasteiger partial charge in [0.1, 0.15) is 17.3 Å². The summed E-state index contributed by atoms with van der Waals surface area (Å²) in [4.78, 5) is 14.6. The molecule has 1 aliphatic heterocycles. The first-order valence-corrected chi connectivity index (χ1v) is 9.53. The van der Waals surface area contributed by atoms with Crippen molar-refractivity contribution in [1.82, 2.24) is 4.90 Å². The molecule has 1 saturated heterocycles. The van der Waals surface area contributed by atoms with Crippen molar-refractivity contribution in [1.29, 1.82) is 0 Å². The second-order valence-corrected chi connectivity index (χ2v) is 7.24. The zero-order chi connectivity index (χ0) is 17.6. The third-order valence-electron chi connectivity index (χ3n) is 3.99. The molecule has 0 N–H and O–H groups in total. The van der Waals surface area contributed by atoms with Crippen LogP contribution in [0.15, 0.2) is 53.4 Å². The van der Waals surface area contributed by atoms with Gasteiger partial charge in [0.25, 0.3) is 0 Å². The summed E-state index contributed by atoms with van der Waals surface area (Å²) in [6.45, 7) is 4.11. The van der Waals surface area contributed by atoms with Crippen molar-refractivity contribution in [3.63, 3.8) is 0 Å². The second-order valence-electron chi connectivity index (χ2n) is 5.83. The Morgan fingerprint density at radius 1 is 1.12 bits per heavy atom. The van der Waals surface area contributed by atoms with Gasteiger partial charge in [-0.2, -0.15) is 0 Å². The number of nitrogens with zero attached hydrogens (tertiary/aromatic N) is 1. The number of hydrogen-bond donors (Lipinski definition) is 0. The van der Waals surface area contributed by atoms with Crippen molar-refractivity contribution in [2.75, 3.05) is 32.1 Å². The number of hydrogen-bond acceptors (Lipinski definition) is 4. The highest BCUT2D eigenvalue weighted by molar-refractivity contribution is 7.85. The first kappa shape index (κ1) is 17.6. The van der Waals surface area contributed by atoms with Crippen LogP contribution in [0.2, 0.25) is 0 Å². The lowest BCUT2D eigenvalue weighted by Gasteiger charge is -2.26. The zero-order valence-electron chi connectivity index (χ0n) is 14.1. The summed E-state index contributed by atoms with van der Waals surface area (Å²) >= 11 is 0. The lowest BCUT2D eigenvalue weighted by molar-refractivity contribution is -0.132. The Morgan fingerprint density at radius 2 is 1.84 bits per heavy atom. The van der Waals surface area contributed by atoms with Gasteiger partial charge in [-0.05, 0) is 42.8 Å². The summed E-state index contributed by atoms with van der Waals surface area (Å²) < 4.78 is 23.6. The largest absolute Gasteiger partial charge is 0.457 e. The van der Waals surface area contributed by atoms with Gasteiger partial charge in [-0.1, -0.05) is 18.2 Å². The van der Waals surface area contributed by atoms with Crippen LogP contribution in [0, 0.1) is 6.92 Å². The number of morpholine rings is 1. The third kappa shape index (κ3) is 4.67. The molecule has 1 amide bonds. The molecule has 0 saturated carbocycles. The number of ether oxygens (including phenoxy) is 2. The van der Waals surface area contributed by atoms with Gasteiger partial charge in [0.05, 0.1) is 24.0 Å². The number of benzene rings is 2. The Bertz CT molecular complexity index is 757. The SMILES string of the molecule is Cc1cc(Oc2ccccc2)ccc1S(=O)CC(=O)N1CCOCC1. The summed E-state index contributed by atoms with van der Waals surface area (Å²) in [5.41, 5.74) is 0.849. The van der Waals surface area contributed by atoms with E-state index in [1.165, 1.54) is 0 Å². The molecule has 3 rings (SSSR count). The summed E-state index contributed by atoms with van der Waals surface area (Å²) in [5, 5.41) is 0. The van der Waals surface area contributed by atoms with Gasteiger partial charge in [-0.25, -0.2) is 0 Å². The maximum atomic E-state index is 12.6. The second kappa shape index (κ2) is 8.27. The fourth-order valence-electron chi connectivity index (χ4n) is 2.66. The summed E-state index contributed by atoms with van der Waals surface area (Å²) in [6.07, 6.45) is 0. The molecule has 1 fully saturated rings. The molecule has 0 aliphatic carbocycles. The fourth-order valence-corrected chi connectivity index (χ4v) is 3.86. The van der Waals surface area contributed by atoms with Gasteiger partial charge in [0.15, 0.2) is 0 Å². The lowest BCUT2D eigenvalue weighted by Crippen LogP contribution is -2.42. The molecule has 0 spiro atoms. The predicted octanol–water partition coefficient (Wildman–Crippen LogP) is 2.75. The summed E-state index contributed by atoms with van der Waals surface area (Å²) in [6, 6.07) is 14.9. The zero-order valence-corrected chi connectivity index (χ0v) is 15.0. The monoisotopic (exact) mass is 359 g/mol. The maximum absolute atomic E-state index is 12.6. The molecule has 25 heavy (non-hydrogen) atoms. The van der Waals surface area contributed by atoms with Crippen molar-refractivity contribution in [2.24, 2.45) is 0 Å². The molecule has 1 aliphatic rings. The number of carbonyl (C=O) groups excluding carboxylic acids is 1. The highest BCUT2D eigenvalue weighted by Gasteiger charge is 2.20. The molecule has 5 nitrogen and oxygen atoms in total. The topological polar surface area (TPSA) is 55.8 Å². The van der Waals surface area contributed by atoms with Gasteiger partial charge in [-0.3, -0.25) is 9.00 Å². The van der Waals surface area contributed by atoms with Gasteiger partial charge >= 0.3 is 0 Å². The Labute approximate surface area is 150 Å². The molecule has 2 aromatic carbocycles. The van der Waals surface area contributed by atoms with E-state index in [0.29, 0.717) is 36.9 Å². The van der Waals surface area contributed by atoms with Crippen molar-refractivity contribution in [3.05, 3.63) is 54.1 Å². The van der Waals surface area contributed by atoms with Crippen LogP contribution in [0.1, 0.15) is 5.56 Å². The van der Waals surface area contributed by atoms with E-state index in [9.17, 15) is 9.00 Å². The minimum atomic E-state index is -1.37. The van der Waals surface area contributed by atoms with Crippen LogP contribution in [0.5, 0.6) is 11.5 Å². The molecule has 0 aromatic heterocycles. The van der Waals surface area contributed by atoms with Crippen LogP contribution in [0.25, 0.3) is 0 Å². The van der Waals surface area contributed by atoms with E-state index in [1.54, 1.807) is 17.0 Å². The maximum Gasteiger partial charge on any atom is 0.235 e. The van der Waals surface area contributed by atoms with E-state index < -0.39 is 10.8 Å². The van der Waals surface area contributed by atoms with E-state index in [0.717, 1.165) is 11.3 Å². The molecular weight excluding hydrogens is 338 g/mol. The smallest absolute Gasteiger partial charge is 0.235 e. The highest BCUT2D eigenvalue weighted by Crippen LogP contribution is 2.25. The minimum absolute atomic E-state index is 0.000269. The van der Waals surface area contributed by atoms with Crippen LogP contribution in [0.4, 0.5) is 0 Å². The van der Waals surface area contributed by atoms with E-state index >= 15 is 0 Å². The molecule has 1 atom stereocenters. The average Bonchev–Trinajstić information content (AvgIpc) is 2.63. The highest BCUT2D eigenvalue weighted by atomic mass is 32.2. The van der Waals surface area contributed by atoms with E-state index in [-0.39, 0.29) is 11.7 Å². The minimum Gasteiger partial charge on any atom is -0.457 e. The van der Waals surface area contributed by atoms with E-state index in [2.05, 4.69) is 0 Å². The number of aryl methyl sites for hydroxylation is 1. The van der Waals surface area contributed by atoms with Crippen molar-refractivity contribution in [2.45, 2.75) is 11.8 Å². The first-order valence-electron chi connectivity index (χ1n) is 8.21. The Morgan fingerprint density at radius 3 is 2.52 bits per heavy atom. The van der Waals surface area contributed by atoms with Gasteiger partial charge in [-0.15, -0.1) is 0 Å². The third-order valence-corrected chi connectivity index (χ3v) is 5.45. The van der Waals surface area contributed by atoms with Crippen LogP contribution in [-0.4, -0.2) is 47.1 Å². The van der Waals surface area contributed by atoms with Crippen molar-refractivity contribution < 1.29 is 18.5 Å². The average molecular weight is 359 g/mol. The normalized spacial score (nSPS) is 15.6. The summed E-state index contributed by atoms with van der Waals surface area (Å²) in [7, 11) is -1.37. The predicted molar refractivity (Wildman–Crippen MR) is 96.4 cm³/mol. The van der Waals surface area contributed by atoms with Crippen molar-refractivity contribution in [3.8, 4) is 11.5 Å². The molecule has 1 heterocycles. The first-order chi connectivity index (χ1) is 12.1. The van der Waals surface area contributed by atoms with E-state index in [1.807, 2.05) is 43.3 Å². The van der Waals surface area contributed by atoms with Crippen LogP contribution in [0.3, 0.4) is 0 Å². The molecule has 0 radical (unpaired) electrons. The molecule has 132 valence electrons. The Kier molecular flexibility index (Phi) is 5.83. The molecule has 6 heteroatoms. The van der Waals surface area contributed by atoms with Gasteiger partial charge in [0.2, 0.25) is 5.91 Å². The number of amides is 1. The van der Waals surface area contributed by atoms with E-state index in [4.69, 9.17) is 9.47 Å². The Balaban J connectivity index is 1.65. The van der Waals surface area contributed by atoms with Gasteiger partial charge in [0, 0.05) is 18.0 Å².